The molecule has 0 aromatic carbocycles. The number of ether oxygens (including phenoxy) is 3. The fourth-order valence-electron chi connectivity index (χ4n) is 3.12. The van der Waals surface area contributed by atoms with Gasteiger partial charge in [0.25, 0.3) is 11.7 Å². The van der Waals surface area contributed by atoms with Crippen molar-refractivity contribution in [2.45, 2.75) is 26.8 Å². The van der Waals surface area contributed by atoms with Crippen molar-refractivity contribution >= 4 is 23.6 Å². The van der Waals surface area contributed by atoms with Crippen LogP contribution in [0.25, 0.3) is 0 Å². The molecule has 1 aromatic rings. The van der Waals surface area contributed by atoms with E-state index in [0.29, 0.717) is 13.1 Å². The van der Waals surface area contributed by atoms with Crippen LogP contribution in [0.1, 0.15) is 58.1 Å². The quantitative estimate of drug-likeness (QED) is 0.421. The van der Waals surface area contributed by atoms with Gasteiger partial charge in [-0.3, -0.25) is 9.59 Å². The largest absolute Gasteiger partial charge is 0.493 e. The van der Waals surface area contributed by atoms with E-state index in [1.54, 1.807) is 18.7 Å². The highest BCUT2D eigenvalue weighted by Gasteiger charge is 2.42. The van der Waals surface area contributed by atoms with E-state index >= 15 is 0 Å². The number of likely N-dealkylation sites (N-methyl/N-ethyl adjacent to an activating group) is 1. The number of methoxy groups -OCH3 is 2. The second-order valence-electron chi connectivity index (χ2n) is 5.71. The van der Waals surface area contributed by atoms with Gasteiger partial charge in [-0.25, -0.2) is 9.59 Å². The van der Waals surface area contributed by atoms with Gasteiger partial charge in [0, 0.05) is 19.1 Å². The maximum Gasteiger partial charge on any atom is 0.381 e. The lowest BCUT2D eigenvalue weighted by atomic mass is 10.1. The Morgan fingerprint density at radius 3 is 2.35 bits per heavy atom. The van der Waals surface area contributed by atoms with Gasteiger partial charge in [-0.15, -0.1) is 0 Å². The van der Waals surface area contributed by atoms with E-state index in [1.807, 2.05) is 6.92 Å². The van der Waals surface area contributed by atoms with Gasteiger partial charge in [-0.2, -0.15) is 0 Å². The molecule has 0 saturated heterocycles. The van der Waals surface area contributed by atoms with Crippen molar-refractivity contribution < 1.29 is 33.4 Å². The number of rotatable bonds is 6. The number of esters is 2. The summed E-state index contributed by atoms with van der Waals surface area (Å²) < 4.78 is 16.2. The zero-order chi connectivity index (χ0) is 19.6. The van der Waals surface area contributed by atoms with E-state index in [-0.39, 0.29) is 35.3 Å². The normalized spacial score (nSPS) is 16.1. The summed E-state index contributed by atoms with van der Waals surface area (Å²) in [5.74, 6) is -3.50. The Bertz CT molecular complexity index is 766. The Balaban J connectivity index is 2.85. The predicted octanol–water partition coefficient (Wildman–Crippen LogP) is 1.07. The molecule has 0 bridgehead atoms. The molecule has 2 heterocycles. The minimum absolute atomic E-state index is 0.0448. The Morgan fingerprint density at radius 2 is 1.85 bits per heavy atom. The van der Waals surface area contributed by atoms with Gasteiger partial charge in [-0.1, -0.05) is 0 Å². The molecule has 1 aliphatic heterocycles. The summed E-state index contributed by atoms with van der Waals surface area (Å²) in [6.45, 7) is 6.04. The molecule has 0 radical (unpaired) electrons. The highest BCUT2D eigenvalue weighted by atomic mass is 16.5. The lowest BCUT2D eigenvalue weighted by molar-refractivity contribution is -0.135. The van der Waals surface area contributed by atoms with E-state index < -0.39 is 23.6 Å². The molecule has 0 N–H and O–H groups in total. The maximum atomic E-state index is 12.8. The summed E-state index contributed by atoms with van der Waals surface area (Å²) in [6.07, 6.45) is 0. The second kappa shape index (κ2) is 7.59. The zero-order valence-corrected chi connectivity index (χ0v) is 15.5. The highest BCUT2D eigenvalue weighted by Crippen LogP contribution is 2.38. The van der Waals surface area contributed by atoms with E-state index in [0.717, 1.165) is 7.11 Å². The SMILES string of the molecule is CCOC(=O)c1c(OC)c2n(c1C(=O)C(=O)OC)[C@@H](C)CN(CC)C2=O. The lowest BCUT2D eigenvalue weighted by Crippen LogP contribution is -2.43. The number of aromatic nitrogens is 1. The third-order valence-corrected chi connectivity index (χ3v) is 4.23. The summed E-state index contributed by atoms with van der Waals surface area (Å²) in [6, 6.07) is -0.358. The third kappa shape index (κ3) is 2.93. The molecule has 1 aliphatic rings. The molecule has 142 valence electrons. The Labute approximate surface area is 150 Å². The number of carbonyl (C=O) groups excluding carboxylic acids is 4. The molecule has 0 saturated carbocycles. The molecule has 2 rings (SSSR count). The van der Waals surface area contributed by atoms with Crippen LogP contribution in [0, 0.1) is 0 Å². The van der Waals surface area contributed by atoms with Crippen molar-refractivity contribution in [3.8, 4) is 5.75 Å². The van der Waals surface area contributed by atoms with Crippen LogP contribution < -0.4 is 4.74 Å². The van der Waals surface area contributed by atoms with Crippen LogP contribution in [0.3, 0.4) is 0 Å². The maximum absolute atomic E-state index is 12.8. The monoisotopic (exact) mass is 366 g/mol. The molecule has 9 nitrogen and oxygen atoms in total. The van der Waals surface area contributed by atoms with Crippen LogP contribution in [0.5, 0.6) is 5.75 Å². The van der Waals surface area contributed by atoms with Crippen molar-refractivity contribution in [1.29, 1.82) is 0 Å². The van der Waals surface area contributed by atoms with E-state index in [9.17, 15) is 19.2 Å². The second-order valence-corrected chi connectivity index (χ2v) is 5.71. The topological polar surface area (TPSA) is 104 Å². The molecular formula is C17H22N2O7. The van der Waals surface area contributed by atoms with Crippen LogP contribution in [-0.4, -0.2) is 67.0 Å². The smallest absolute Gasteiger partial charge is 0.381 e. The van der Waals surface area contributed by atoms with E-state index in [1.165, 1.54) is 11.7 Å². The van der Waals surface area contributed by atoms with Crippen LogP contribution in [0.2, 0.25) is 0 Å². The number of hydrogen-bond acceptors (Lipinski definition) is 7. The van der Waals surface area contributed by atoms with E-state index in [2.05, 4.69) is 4.74 Å². The first-order chi connectivity index (χ1) is 12.3. The standard InChI is InChI=1S/C17H22N2O7/c1-6-18-8-9(3)19-11(13(20)17(23)25-5)10(16(22)26-7-2)14(24-4)12(19)15(18)21/h9H,6-8H2,1-5H3/t9-/m0/s1. The fourth-order valence-corrected chi connectivity index (χ4v) is 3.12. The van der Waals surface area contributed by atoms with Crippen LogP contribution in [0.15, 0.2) is 0 Å². The molecule has 26 heavy (non-hydrogen) atoms. The van der Waals surface area contributed by atoms with Gasteiger partial charge in [0.1, 0.15) is 11.3 Å². The number of ketones is 1. The first-order valence-electron chi connectivity index (χ1n) is 8.25. The van der Waals surface area contributed by atoms with Crippen molar-refractivity contribution in [2.24, 2.45) is 0 Å². The molecule has 1 aromatic heterocycles. The summed E-state index contributed by atoms with van der Waals surface area (Å²) in [4.78, 5) is 51.4. The zero-order valence-electron chi connectivity index (χ0n) is 15.5. The number of nitrogens with zero attached hydrogens (tertiary/aromatic N) is 2. The average Bonchev–Trinajstić information content (AvgIpc) is 2.99. The van der Waals surface area contributed by atoms with E-state index in [4.69, 9.17) is 9.47 Å². The number of hydrogen-bond donors (Lipinski definition) is 0. The van der Waals surface area contributed by atoms with Gasteiger partial charge in [0.15, 0.2) is 11.4 Å². The van der Waals surface area contributed by atoms with Crippen molar-refractivity contribution in [1.82, 2.24) is 9.47 Å². The molecule has 0 aliphatic carbocycles. The first-order valence-corrected chi connectivity index (χ1v) is 8.25. The van der Waals surface area contributed by atoms with Gasteiger partial charge in [0.05, 0.1) is 20.8 Å². The van der Waals surface area contributed by atoms with Gasteiger partial charge < -0.3 is 23.7 Å². The Kier molecular flexibility index (Phi) is 5.69. The summed E-state index contributed by atoms with van der Waals surface area (Å²) >= 11 is 0. The van der Waals surface area contributed by atoms with Crippen molar-refractivity contribution in [3.63, 3.8) is 0 Å². The van der Waals surface area contributed by atoms with Gasteiger partial charge in [-0.05, 0) is 20.8 Å². The minimum atomic E-state index is -1.14. The lowest BCUT2D eigenvalue weighted by Gasteiger charge is -2.33. The molecule has 9 heteroatoms. The minimum Gasteiger partial charge on any atom is -0.493 e. The number of carbonyl (C=O) groups is 4. The fraction of sp³-hybridized carbons (Fsp3) is 0.529. The highest BCUT2D eigenvalue weighted by molar-refractivity contribution is 6.42. The number of fused-ring (bicyclic) bond motifs is 1. The molecule has 0 fully saturated rings. The van der Waals surface area contributed by atoms with Gasteiger partial charge >= 0.3 is 11.9 Å². The van der Waals surface area contributed by atoms with Crippen LogP contribution in [-0.2, 0) is 14.3 Å². The Morgan fingerprint density at radius 1 is 1.19 bits per heavy atom. The van der Waals surface area contributed by atoms with Crippen LogP contribution in [0.4, 0.5) is 0 Å². The molecule has 1 amide bonds. The molecule has 0 spiro atoms. The molecule has 0 unspecified atom stereocenters. The predicted molar refractivity (Wildman–Crippen MR) is 89.6 cm³/mol. The average molecular weight is 366 g/mol. The molecule has 1 atom stereocenters. The van der Waals surface area contributed by atoms with Crippen LogP contribution >= 0.6 is 0 Å². The van der Waals surface area contributed by atoms with Crippen molar-refractivity contribution in [3.05, 3.63) is 17.0 Å². The number of Topliss-reactive ketones (excluding diaryl/α,β-unsaturated/α-hetero) is 1. The van der Waals surface area contributed by atoms with Crippen molar-refractivity contribution in [2.75, 3.05) is 33.9 Å². The first kappa shape index (κ1) is 19.5. The van der Waals surface area contributed by atoms with Gasteiger partial charge in [0.2, 0.25) is 0 Å². The molecular weight excluding hydrogens is 344 g/mol. The summed E-state index contributed by atoms with van der Waals surface area (Å²) in [5, 5.41) is 0. The third-order valence-electron chi connectivity index (χ3n) is 4.23. The Hall–Kier alpha value is -2.84. The number of amides is 1. The summed E-state index contributed by atoms with van der Waals surface area (Å²) in [7, 11) is 2.35. The summed E-state index contributed by atoms with van der Waals surface area (Å²) in [5.41, 5.74) is -0.444.